The van der Waals surface area contributed by atoms with Crippen LogP contribution in [0.15, 0.2) is 34.8 Å². The molecular weight excluding hydrogens is 306 g/mol. The fourth-order valence-corrected chi connectivity index (χ4v) is 1.94. The fraction of sp³-hybridized carbons (Fsp3) is 0.154. The average Bonchev–Trinajstić information content (AvgIpc) is 2.38. The molecule has 0 saturated heterocycles. The zero-order valence-corrected chi connectivity index (χ0v) is 11.9. The molecule has 0 radical (unpaired) electrons. The summed E-state index contributed by atoms with van der Waals surface area (Å²) in [7, 11) is 0. The van der Waals surface area contributed by atoms with Gasteiger partial charge in [0.2, 0.25) is 0 Å². The largest absolute Gasteiger partial charge is 0.357 e. The van der Waals surface area contributed by atoms with Crippen LogP contribution < -0.4 is 10.6 Å². The molecule has 2 N–H and O–H groups in total. The molecule has 0 aliphatic carbocycles. The first kappa shape index (κ1) is 13.3. The van der Waals surface area contributed by atoms with Gasteiger partial charge in [0, 0.05) is 10.5 Å². The van der Waals surface area contributed by atoms with Crippen LogP contribution in [0.2, 0.25) is 0 Å². The summed E-state index contributed by atoms with van der Waals surface area (Å²) >= 11 is 3.47. The number of halogens is 1. The van der Waals surface area contributed by atoms with Crippen LogP contribution in [0.4, 0.5) is 17.3 Å². The quantitative estimate of drug-likeness (QED) is 0.847. The van der Waals surface area contributed by atoms with Crippen LogP contribution >= 0.6 is 15.9 Å². The third-order valence-corrected chi connectivity index (χ3v) is 3.01. The van der Waals surface area contributed by atoms with Gasteiger partial charge in [-0.25, -0.2) is 9.97 Å². The van der Waals surface area contributed by atoms with Crippen molar-refractivity contribution in [2.45, 2.75) is 6.92 Å². The van der Waals surface area contributed by atoms with E-state index in [1.807, 2.05) is 37.3 Å². The average molecular weight is 318 g/mol. The maximum atomic E-state index is 8.56. The van der Waals surface area contributed by atoms with E-state index in [0.717, 1.165) is 10.2 Å². The van der Waals surface area contributed by atoms with Crippen LogP contribution in [0.3, 0.4) is 0 Å². The lowest BCUT2D eigenvalue weighted by atomic mass is 10.3. The molecule has 1 heterocycles. The Labute approximate surface area is 119 Å². The van der Waals surface area contributed by atoms with E-state index < -0.39 is 0 Å². The summed E-state index contributed by atoms with van der Waals surface area (Å²) in [5.41, 5.74) is 0.923. The second-order valence-electron chi connectivity index (χ2n) is 3.80. The summed E-state index contributed by atoms with van der Waals surface area (Å²) in [6, 6.07) is 11.6. The number of nitriles is 1. The Morgan fingerprint density at radius 2 is 2.00 bits per heavy atom. The first-order chi connectivity index (χ1) is 9.19. The normalized spacial score (nSPS) is 9.74. The van der Waals surface area contributed by atoms with Crippen LogP contribution in [0, 0.1) is 18.3 Å². The highest BCUT2D eigenvalue weighted by Crippen LogP contribution is 2.25. The molecule has 1 aromatic carbocycles. The second kappa shape index (κ2) is 6.16. The Morgan fingerprint density at radius 3 is 2.74 bits per heavy atom. The molecule has 19 heavy (non-hydrogen) atoms. The third-order valence-electron chi connectivity index (χ3n) is 2.32. The first-order valence-electron chi connectivity index (χ1n) is 5.67. The highest BCUT2D eigenvalue weighted by Gasteiger charge is 2.04. The number of nitrogens with one attached hydrogen (secondary N) is 2. The molecule has 5 nitrogen and oxygen atoms in total. The van der Waals surface area contributed by atoms with Gasteiger partial charge in [0.15, 0.2) is 0 Å². The minimum Gasteiger partial charge on any atom is -0.357 e. The maximum Gasteiger partial charge on any atom is 0.136 e. The predicted molar refractivity (Wildman–Crippen MR) is 78.3 cm³/mol. The van der Waals surface area contributed by atoms with Gasteiger partial charge in [-0.15, -0.1) is 0 Å². The summed E-state index contributed by atoms with van der Waals surface area (Å²) in [6.45, 7) is 2.02. The summed E-state index contributed by atoms with van der Waals surface area (Å²) in [5.74, 6) is 1.95. The van der Waals surface area contributed by atoms with Crippen LogP contribution in [0.5, 0.6) is 0 Å². The molecule has 0 bridgehead atoms. The highest BCUT2D eigenvalue weighted by atomic mass is 79.9. The van der Waals surface area contributed by atoms with Crippen LogP contribution in [-0.4, -0.2) is 16.5 Å². The first-order valence-corrected chi connectivity index (χ1v) is 6.46. The number of rotatable bonds is 4. The molecule has 0 saturated carbocycles. The lowest BCUT2D eigenvalue weighted by Crippen LogP contribution is -2.05. The van der Waals surface area contributed by atoms with Crippen molar-refractivity contribution >= 4 is 33.3 Å². The molecule has 96 valence electrons. The van der Waals surface area contributed by atoms with E-state index >= 15 is 0 Å². The molecule has 0 aliphatic heterocycles. The van der Waals surface area contributed by atoms with Gasteiger partial charge in [-0.1, -0.05) is 12.1 Å². The zero-order valence-electron chi connectivity index (χ0n) is 10.3. The van der Waals surface area contributed by atoms with Crippen molar-refractivity contribution in [3.05, 3.63) is 40.6 Å². The maximum absolute atomic E-state index is 8.56. The van der Waals surface area contributed by atoms with E-state index in [2.05, 4.69) is 36.5 Å². The van der Waals surface area contributed by atoms with Crippen molar-refractivity contribution < 1.29 is 0 Å². The van der Waals surface area contributed by atoms with E-state index in [9.17, 15) is 0 Å². The van der Waals surface area contributed by atoms with Gasteiger partial charge >= 0.3 is 0 Å². The number of benzene rings is 1. The molecule has 2 rings (SSSR count). The Kier molecular flexibility index (Phi) is 4.31. The molecule has 2 aromatic rings. The number of anilines is 3. The summed E-state index contributed by atoms with van der Waals surface area (Å²) in [4.78, 5) is 8.52. The van der Waals surface area contributed by atoms with Crippen molar-refractivity contribution in [1.29, 1.82) is 5.26 Å². The van der Waals surface area contributed by atoms with Crippen molar-refractivity contribution in [3.8, 4) is 6.07 Å². The lowest BCUT2D eigenvalue weighted by Gasteiger charge is -2.10. The predicted octanol–water partition coefficient (Wildman–Crippen LogP) is 3.23. The molecule has 1 aromatic heterocycles. The van der Waals surface area contributed by atoms with Gasteiger partial charge in [0.05, 0.1) is 11.8 Å². The molecule has 0 amide bonds. The van der Waals surface area contributed by atoms with Crippen molar-refractivity contribution in [2.24, 2.45) is 0 Å². The summed E-state index contributed by atoms with van der Waals surface area (Å²) in [5, 5.41) is 14.7. The van der Waals surface area contributed by atoms with Crippen LogP contribution in [-0.2, 0) is 0 Å². The monoisotopic (exact) mass is 317 g/mol. The third kappa shape index (κ3) is 3.66. The van der Waals surface area contributed by atoms with Gasteiger partial charge in [-0.05, 0) is 35.0 Å². The Balaban J connectivity index is 2.23. The van der Waals surface area contributed by atoms with Crippen molar-refractivity contribution in [1.82, 2.24) is 9.97 Å². The molecule has 0 spiro atoms. The smallest absolute Gasteiger partial charge is 0.136 e. The number of aryl methyl sites for hydroxylation is 1. The number of nitrogens with zero attached hydrogens (tertiary/aromatic N) is 3. The van der Waals surface area contributed by atoms with E-state index in [4.69, 9.17) is 5.26 Å². The van der Waals surface area contributed by atoms with E-state index in [1.54, 1.807) is 6.07 Å². The standard InChI is InChI=1S/C13H12BrN5/c1-9-17-12(16-7-6-15)8-13(18-9)19-11-5-3-2-4-10(11)14/h2-5,8H,7H2,1H3,(H2,16,17,18,19). The minimum absolute atomic E-state index is 0.213. The zero-order chi connectivity index (χ0) is 13.7. The number of hydrogen-bond donors (Lipinski definition) is 2. The van der Waals surface area contributed by atoms with Gasteiger partial charge in [0.25, 0.3) is 0 Å². The summed E-state index contributed by atoms with van der Waals surface area (Å²) < 4.78 is 0.956. The Morgan fingerprint density at radius 1 is 1.26 bits per heavy atom. The Bertz CT molecular complexity index is 621. The van der Waals surface area contributed by atoms with Crippen LogP contribution in [0.25, 0.3) is 0 Å². The van der Waals surface area contributed by atoms with Gasteiger partial charge in [0.1, 0.15) is 24.0 Å². The number of aromatic nitrogens is 2. The molecule has 0 unspecified atom stereocenters. The SMILES string of the molecule is Cc1nc(NCC#N)cc(Nc2ccccc2Br)n1. The molecule has 0 fully saturated rings. The van der Waals surface area contributed by atoms with E-state index in [0.29, 0.717) is 17.5 Å². The second-order valence-corrected chi connectivity index (χ2v) is 4.66. The molecule has 0 aliphatic rings. The fourth-order valence-electron chi connectivity index (χ4n) is 1.55. The topological polar surface area (TPSA) is 73.6 Å². The van der Waals surface area contributed by atoms with Crippen molar-refractivity contribution in [3.63, 3.8) is 0 Å². The highest BCUT2D eigenvalue weighted by molar-refractivity contribution is 9.10. The van der Waals surface area contributed by atoms with Crippen LogP contribution in [0.1, 0.15) is 5.82 Å². The van der Waals surface area contributed by atoms with Gasteiger partial charge < -0.3 is 10.6 Å². The molecule has 0 atom stereocenters. The van der Waals surface area contributed by atoms with Crippen molar-refractivity contribution in [2.75, 3.05) is 17.2 Å². The van der Waals surface area contributed by atoms with E-state index in [-0.39, 0.29) is 6.54 Å². The lowest BCUT2D eigenvalue weighted by molar-refractivity contribution is 1.05. The molecular formula is C13H12BrN5. The Hall–Kier alpha value is -2.13. The van der Waals surface area contributed by atoms with E-state index in [1.165, 1.54) is 0 Å². The number of hydrogen-bond acceptors (Lipinski definition) is 5. The number of para-hydroxylation sites is 1. The molecule has 6 heteroatoms. The minimum atomic E-state index is 0.213. The van der Waals surface area contributed by atoms with Gasteiger partial charge in [-0.3, -0.25) is 0 Å². The summed E-state index contributed by atoms with van der Waals surface area (Å²) in [6.07, 6.45) is 0. The van der Waals surface area contributed by atoms with Gasteiger partial charge in [-0.2, -0.15) is 5.26 Å².